The van der Waals surface area contributed by atoms with Crippen molar-refractivity contribution in [2.24, 2.45) is 0 Å². The lowest BCUT2D eigenvalue weighted by atomic mass is 10.2. The van der Waals surface area contributed by atoms with Crippen LogP contribution < -0.4 is 16.4 Å². The Hall–Kier alpha value is -3.32. The van der Waals surface area contributed by atoms with Crippen molar-refractivity contribution in [3.8, 4) is 0 Å². The summed E-state index contributed by atoms with van der Waals surface area (Å²) < 4.78 is 0. The number of nitrogen functional groups attached to an aromatic ring is 1. The minimum atomic E-state index is -0.985. The average Bonchev–Trinajstić information content (AvgIpc) is 2.62. The topological polar surface area (TPSA) is 113 Å². The van der Waals surface area contributed by atoms with Crippen LogP contribution in [0.1, 0.15) is 15.9 Å². The van der Waals surface area contributed by atoms with Gasteiger partial charge in [-0.05, 0) is 48.9 Å². The molecule has 1 aromatic heterocycles. The van der Waals surface area contributed by atoms with Gasteiger partial charge < -0.3 is 21.5 Å². The van der Waals surface area contributed by atoms with Gasteiger partial charge in [-0.25, -0.2) is 14.8 Å². The number of nitrogens with one attached hydrogen (secondary N) is 2. The van der Waals surface area contributed by atoms with E-state index in [2.05, 4.69) is 20.6 Å². The first kappa shape index (κ1) is 17.5. The van der Waals surface area contributed by atoms with Gasteiger partial charge in [0.15, 0.2) is 11.6 Å². The Morgan fingerprint density at radius 3 is 2.38 bits per heavy atom. The van der Waals surface area contributed by atoms with Crippen LogP contribution in [0.4, 0.5) is 28.7 Å². The van der Waals surface area contributed by atoms with Crippen molar-refractivity contribution in [2.45, 2.75) is 6.92 Å². The van der Waals surface area contributed by atoms with Crippen LogP contribution in [0.15, 0.2) is 48.8 Å². The van der Waals surface area contributed by atoms with Crippen LogP contribution in [0.3, 0.4) is 0 Å². The van der Waals surface area contributed by atoms with Crippen molar-refractivity contribution in [1.82, 2.24) is 9.97 Å². The molecule has 1 heterocycles. The minimum absolute atomic E-state index is 0.199. The lowest BCUT2D eigenvalue weighted by Gasteiger charge is -2.14. The van der Waals surface area contributed by atoms with Crippen molar-refractivity contribution in [3.63, 3.8) is 0 Å². The van der Waals surface area contributed by atoms with Gasteiger partial charge in [-0.3, -0.25) is 0 Å². The molecule has 3 rings (SSSR count). The summed E-state index contributed by atoms with van der Waals surface area (Å²) in [6.07, 6.45) is 1.38. The smallest absolute Gasteiger partial charge is 0.335 e. The van der Waals surface area contributed by atoms with Crippen molar-refractivity contribution in [2.75, 3.05) is 16.4 Å². The molecule has 3 aromatic rings. The molecule has 0 aliphatic rings. The predicted molar refractivity (Wildman–Crippen MR) is 103 cm³/mol. The van der Waals surface area contributed by atoms with Crippen molar-refractivity contribution in [3.05, 3.63) is 64.9 Å². The van der Waals surface area contributed by atoms with Gasteiger partial charge >= 0.3 is 5.97 Å². The largest absolute Gasteiger partial charge is 0.478 e. The number of nitrogens with zero attached hydrogens (tertiary/aromatic N) is 2. The predicted octanol–water partition coefficient (Wildman–Crippen LogP) is 4.21. The zero-order valence-corrected chi connectivity index (χ0v) is 14.6. The molecule has 0 aliphatic carbocycles. The molecule has 132 valence electrons. The van der Waals surface area contributed by atoms with E-state index in [1.807, 2.05) is 13.0 Å². The summed E-state index contributed by atoms with van der Waals surface area (Å²) in [7, 11) is 0. The number of halogens is 1. The zero-order chi connectivity index (χ0) is 18.7. The molecule has 0 radical (unpaired) electrons. The number of nitrogens with two attached hydrogens (primary N) is 1. The SMILES string of the molecule is Cc1ccc(Cl)cc1Nc1ncnc(Nc2ccc(C(=O)O)cc2)c1N. The molecular formula is C18H16ClN5O2. The van der Waals surface area contributed by atoms with E-state index in [1.165, 1.54) is 18.5 Å². The van der Waals surface area contributed by atoms with Gasteiger partial charge in [-0.1, -0.05) is 17.7 Å². The third-order valence-corrected chi connectivity index (χ3v) is 3.97. The summed E-state index contributed by atoms with van der Waals surface area (Å²) in [5, 5.41) is 15.8. The second kappa shape index (κ2) is 7.28. The fourth-order valence-electron chi connectivity index (χ4n) is 2.28. The first-order valence-electron chi connectivity index (χ1n) is 7.68. The highest BCUT2D eigenvalue weighted by molar-refractivity contribution is 6.30. The number of anilines is 5. The van der Waals surface area contributed by atoms with E-state index in [0.29, 0.717) is 28.0 Å². The number of hydrogen-bond donors (Lipinski definition) is 4. The van der Waals surface area contributed by atoms with E-state index >= 15 is 0 Å². The van der Waals surface area contributed by atoms with E-state index in [-0.39, 0.29) is 5.56 Å². The number of aromatic nitrogens is 2. The number of aromatic carboxylic acids is 1. The third-order valence-electron chi connectivity index (χ3n) is 3.73. The van der Waals surface area contributed by atoms with Gasteiger partial charge in [0, 0.05) is 16.4 Å². The molecule has 0 unspecified atom stereocenters. The fourth-order valence-corrected chi connectivity index (χ4v) is 2.46. The molecule has 0 amide bonds. The van der Waals surface area contributed by atoms with Crippen molar-refractivity contribution in [1.29, 1.82) is 0 Å². The number of rotatable bonds is 5. The summed E-state index contributed by atoms with van der Waals surface area (Å²) in [6, 6.07) is 11.8. The van der Waals surface area contributed by atoms with Crippen LogP contribution >= 0.6 is 11.6 Å². The van der Waals surface area contributed by atoms with Crippen LogP contribution in [-0.2, 0) is 0 Å². The maximum atomic E-state index is 10.9. The Labute approximate surface area is 154 Å². The van der Waals surface area contributed by atoms with E-state index in [1.54, 1.807) is 24.3 Å². The summed E-state index contributed by atoms with van der Waals surface area (Å²) >= 11 is 6.04. The van der Waals surface area contributed by atoms with Gasteiger partial charge in [0.05, 0.1) is 5.56 Å². The zero-order valence-electron chi connectivity index (χ0n) is 13.8. The van der Waals surface area contributed by atoms with Crippen LogP contribution in [0.5, 0.6) is 0 Å². The maximum absolute atomic E-state index is 10.9. The lowest BCUT2D eigenvalue weighted by Crippen LogP contribution is -2.06. The standard InChI is InChI=1S/C18H16ClN5O2/c1-10-2-5-12(19)8-14(10)24-17-15(20)16(21-9-22-17)23-13-6-3-11(4-7-13)18(25)26/h2-9H,20H2,1H3,(H,25,26)(H2,21,22,23,24). The Bertz CT molecular complexity index is 960. The first-order valence-corrected chi connectivity index (χ1v) is 8.06. The van der Waals surface area contributed by atoms with Crippen LogP contribution in [0, 0.1) is 6.92 Å². The molecule has 0 atom stereocenters. The maximum Gasteiger partial charge on any atom is 0.335 e. The van der Waals surface area contributed by atoms with Gasteiger partial charge in [-0.15, -0.1) is 0 Å². The normalized spacial score (nSPS) is 10.4. The average molecular weight is 370 g/mol. The Morgan fingerprint density at radius 2 is 1.73 bits per heavy atom. The summed E-state index contributed by atoms with van der Waals surface area (Å²) in [5.74, 6) is -0.137. The highest BCUT2D eigenvalue weighted by atomic mass is 35.5. The number of carboxylic acid groups (broad SMARTS) is 1. The second-order valence-corrected chi connectivity index (χ2v) is 6.01. The van der Waals surface area contributed by atoms with E-state index in [4.69, 9.17) is 22.4 Å². The highest BCUT2D eigenvalue weighted by Gasteiger charge is 2.11. The molecule has 0 bridgehead atoms. The molecular weight excluding hydrogens is 354 g/mol. The van der Waals surface area contributed by atoms with E-state index in [9.17, 15) is 4.79 Å². The number of carbonyl (C=O) groups is 1. The monoisotopic (exact) mass is 369 g/mol. The third kappa shape index (κ3) is 3.84. The Morgan fingerprint density at radius 1 is 1.08 bits per heavy atom. The van der Waals surface area contributed by atoms with Crippen molar-refractivity contribution >= 4 is 46.3 Å². The number of aryl methyl sites for hydroxylation is 1. The second-order valence-electron chi connectivity index (χ2n) is 5.58. The molecule has 0 saturated heterocycles. The molecule has 5 N–H and O–H groups in total. The summed E-state index contributed by atoms with van der Waals surface area (Å²) in [5.41, 5.74) is 9.14. The van der Waals surface area contributed by atoms with Crippen molar-refractivity contribution < 1.29 is 9.90 Å². The van der Waals surface area contributed by atoms with Crippen LogP contribution in [-0.4, -0.2) is 21.0 Å². The molecule has 0 fully saturated rings. The first-order chi connectivity index (χ1) is 12.4. The Balaban J connectivity index is 1.85. The van der Waals surface area contributed by atoms with Crippen LogP contribution in [0.2, 0.25) is 5.02 Å². The quantitative estimate of drug-likeness (QED) is 0.532. The fraction of sp³-hybridized carbons (Fsp3) is 0.0556. The van der Waals surface area contributed by atoms with E-state index in [0.717, 1.165) is 11.3 Å². The molecule has 0 spiro atoms. The molecule has 7 nitrogen and oxygen atoms in total. The molecule has 2 aromatic carbocycles. The van der Waals surface area contributed by atoms with Gasteiger partial charge in [0.25, 0.3) is 0 Å². The highest BCUT2D eigenvalue weighted by Crippen LogP contribution is 2.30. The Kier molecular flexibility index (Phi) is 4.90. The lowest BCUT2D eigenvalue weighted by molar-refractivity contribution is 0.0697. The molecule has 8 heteroatoms. The molecule has 0 saturated carbocycles. The number of carboxylic acids is 1. The minimum Gasteiger partial charge on any atom is -0.478 e. The number of hydrogen-bond acceptors (Lipinski definition) is 6. The van der Waals surface area contributed by atoms with E-state index < -0.39 is 5.97 Å². The van der Waals surface area contributed by atoms with Crippen LogP contribution in [0.25, 0.3) is 0 Å². The van der Waals surface area contributed by atoms with Gasteiger partial charge in [0.1, 0.15) is 12.0 Å². The summed E-state index contributed by atoms with van der Waals surface area (Å²) in [6.45, 7) is 1.94. The summed E-state index contributed by atoms with van der Waals surface area (Å²) in [4.78, 5) is 19.2. The van der Waals surface area contributed by atoms with Gasteiger partial charge in [0.2, 0.25) is 0 Å². The van der Waals surface area contributed by atoms with Gasteiger partial charge in [-0.2, -0.15) is 0 Å². The molecule has 26 heavy (non-hydrogen) atoms. The molecule has 0 aliphatic heterocycles. The number of benzene rings is 2.